The normalized spacial score (nSPS) is 17.8. The molecule has 0 spiro atoms. The number of rotatable bonds is 17. The van der Waals surface area contributed by atoms with Crippen molar-refractivity contribution in [3.8, 4) is 0 Å². The molecule has 2 unspecified atom stereocenters. The van der Waals surface area contributed by atoms with Gasteiger partial charge in [-0.25, -0.2) is 0 Å². The van der Waals surface area contributed by atoms with Crippen molar-refractivity contribution in [3.05, 3.63) is 94.6 Å². The van der Waals surface area contributed by atoms with Crippen molar-refractivity contribution in [1.82, 2.24) is 35.1 Å². The van der Waals surface area contributed by atoms with E-state index in [1.54, 1.807) is 6.20 Å². The number of imide groups is 2. The lowest BCUT2D eigenvalue weighted by Gasteiger charge is -2.28. The first-order chi connectivity index (χ1) is 28.4. The van der Waals surface area contributed by atoms with Crippen LogP contribution in [0.25, 0.3) is 0 Å². The molecular weight excluding hydrogens is 759 g/mol. The van der Waals surface area contributed by atoms with Gasteiger partial charge in [0.25, 0.3) is 17.7 Å². The van der Waals surface area contributed by atoms with Gasteiger partial charge in [-0.05, 0) is 62.3 Å². The minimum absolute atomic E-state index is 0.00666. The summed E-state index contributed by atoms with van der Waals surface area (Å²) in [6, 6.07) is 13.4. The summed E-state index contributed by atoms with van der Waals surface area (Å²) >= 11 is 0. The Bertz CT molecular complexity index is 2230. The lowest BCUT2D eigenvalue weighted by Crippen LogP contribution is -2.54. The van der Waals surface area contributed by atoms with E-state index in [-0.39, 0.29) is 66.8 Å². The molecule has 310 valence electrons. The summed E-state index contributed by atoms with van der Waals surface area (Å²) in [6.07, 6.45) is 6.97. The van der Waals surface area contributed by atoms with E-state index in [9.17, 15) is 28.8 Å². The van der Waals surface area contributed by atoms with Crippen molar-refractivity contribution in [2.24, 2.45) is 5.41 Å². The van der Waals surface area contributed by atoms with Gasteiger partial charge in [0, 0.05) is 37.0 Å². The maximum absolute atomic E-state index is 13.3. The first-order valence-corrected chi connectivity index (χ1v) is 19.8. The number of benzene rings is 2. The standard InChI is InChI=1S/C42H49N9O8/c1-42(2)16-14-28-31(22-42)47-48-37(28)39(55)44-27-23-43-50(24-27)32(26-8-5-4-6-9-26)15-17-49(3)18-19-58-20-21-59-25-35(53)45-30-11-7-10-29-36(30)41(57)51(40(29)56)33-12-13-34(52)46-38(33)54/h4-11,23-24,32-33H,12-22,25H2,1-3H3,(H,44,55)(H,45,53)(H,47,48)(H,46,52,54). The zero-order valence-electron chi connectivity index (χ0n) is 33.4. The molecule has 1 aliphatic carbocycles. The van der Waals surface area contributed by atoms with Crippen LogP contribution in [0.2, 0.25) is 0 Å². The molecule has 2 aromatic carbocycles. The number of H-pyrrole nitrogens is 1. The highest BCUT2D eigenvalue weighted by molar-refractivity contribution is 6.26. The predicted octanol–water partition coefficient (Wildman–Crippen LogP) is 3.36. The summed E-state index contributed by atoms with van der Waals surface area (Å²) in [5.74, 6) is -3.32. The van der Waals surface area contributed by atoms with Crippen LogP contribution < -0.4 is 16.0 Å². The molecule has 4 heterocycles. The summed E-state index contributed by atoms with van der Waals surface area (Å²) in [7, 11) is 2.01. The van der Waals surface area contributed by atoms with Crippen molar-refractivity contribution >= 4 is 46.8 Å². The summed E-state index contributed by atoms with van der Waals surface area (Å²) in [4.78, 5) is 79.3. The largest absolute Gasteiger partial charge is 0.378 e. The van der Waals surface area contributed by atoms with Crippen LogP contribution in [0.3, 0.4) is 0 Å². The Morgan fingerprint density at radius 1 is 0.966 bits per heavy atom. The highest BCUT2D eigenvalue weighted by Crippen LogP contribution is 2.35. The van der Waals surface area contributed by atoms with Gasteiger partial charge in [0.1, 0.15) is 12.6 Å². The van der Waals surface area contributed by atoms with E-state index in [0.29, 0.717) is 24.5 Å². The van der Waals surface area contributed by atoms with Gasteiger partial charge in [-0.2, -0.15) is 10.2 Å². The first-order valence-electron chi connectivity index (χ1n) is 19.8. The molecule has 4 aromatic rings. The molecule has 3 aliphatic rings. The summed E-state index contributed by atoms with van der Waals surface area (Å²) in [5.41, 5.74) is 4.52. The molecule has 4 N–H and O–H groups in total. The third-order valence-corrected chi connectivity index (χ3v) is 11.0. The minimum atomic E-state index is -1.11. The quantitative estimate of drug-likeness (QED) is 0.0898. The molecule has 0 saturated carbocycles. The fraction of sp³-hybridized carbons (Fsp3) is 0.429. The smallest absolute Gasteiger partial charge is 0.276 e. The van der Waals surface area contributed by atoms with Crippen LogP contribution in [0.15, 0.2) is 60.9 Å². The molecule has 1 fully saturated rings. The molecule has 59 heavy (non-hydrogen) atoms. The Balaban J connectivity index is 0.831. The van der Waals surface area contributed by atoms with Crippen LogP contribution in [-0.2, 0) is 36.7 Å². The Kier molecular flexibility index (Phi) is 12.4. The number of fused-ring (bicyclic) bond motifs is 2. The van der Waals surface area contributed by atoms with Gasteiger partial charge in [-0.3, -0.25) is 48.8 Å². The van der Waals surface area contributed by atoms with Gasteiger partial charge in [0.05, 0.1) is 54.6 Å². The maximum Gasteiger partial charge on any atom is 0.276 e. The number of hydrogen-bond donors (Lipinski definition) is 4. The van der Waals surface area contributed by atoms with Gasteiger partial charge in [-0.15, -0.1) is 0 Å². The number of anilines is 2. The molecule has 0 radical (unpaired) electrons. The van der Waals surface area contributed by atoms with Crippen molar-refractivity contribution in [1.29, 1.82) is 0 Å². The summed E-state index contributed by atoms with van der Waals surface area (Å²) < 4.78 is 13.1. The average molecular weight is 808 g/mol. The topological polar surface area (TPSA) is 210 Å². The van der Waals surface area contributed by atoms with Gasteiger partial charge >= 0.3 is 0 Å². The van der Waals surface area contributed by atoms with Crippen LogP contribution in [0, 0.1) is 5.41 Å². The van der Waals surface area contributed by atoms with Crippen molar-refractivity contribution in [3.63, 3.8) is 0 Å². The fourth-order valence-electron chi connectivity index (χ4n) is 7.79. The van der Waals surface area contributed by atoms with Gasteiger partial charge in [-0.1, -0.05) is 50.2 Å². The molecule has 17 heteroatoms. The van der Waals surface area contributed by atoms with E-state index in [1.807, 2.05) is 36.1 Å². The van der Waals surface area contributed by atoms with Gasteiger partial charge in [0.15, 0.2) is 5.69 Å². The van der Waals surface area contributed by atoms with Crippen molar-refractivity contribution in [2.75, 3.05) is 57.2 Å². The minimum Gasteiger partial charge on any atom is -0.378 e. The van der Waals surface area contributed by atoms with Crippen molar-refractivity contribution < 1.29 is 38.2 Å². The van der Waals surface area contributed by atoms with Crippen LogP contribution in [0.1, 0.15) is 93.6 Å². The van der Waals surface area contributed by atoms with E-state index in [4.69, 9.17) is 9.47 Å². The van der Waals surface area contributed by atoms with Crippen LogP contribution in [-0.4, -0.2) is 118 Å². The van der Waals surface area contributed by atoms with E-state index < -0.39 is 35.6 Å². The fourth-order valence-corrected chi connectivity index (χ4v) is 7.79. The Labute approximate surface area is 341 Å². The molecule has 6 amide bonds. The molecule has 2 aliphatic heterocycles. The van der Waals surface area contributed by atoms with E-state index in [0.717, 1.165) is 53.9 Å². The number of aromatic amines is 1. The summed E-state index contributed by atoms with van der Waals surface area (Å²) in [5, 5.41) is 19.9. The monoisotopic (exact) mass is 807 g/mol. The van der Waals surface area contributed by atoms with E-state index >= 15 is 0 Å². The number of nitrogens with zero attached hydrogens (tertiary/aromatic N) is 5. The molecule has 2 aromatic heterocycles. The maximum atomic E-state index is 13.3. The second-order valence-corrected chi connectivity index (χ2v) is 15.9. The van der Waals surface area contributed by atoms with E-state index in [1.165, 1.54) is 18.2 Å². The molecule has 0 bridgehead atoms. The lowest BCUT2D eigenvalue weighted by atomic mass is 9.76. The molecule has 1 saturated heterocycles. The zero-order valence-corrected chi connectivity index (χ0v) is 33.4. The van der Waals surface area contributed by atoms with Crippen LogP contribution in [0.5, 0.6) is 0 Å². The number of piperidine rings is 1. The number of nitrogens with one attached hydrogen (secondary N) is 4. The first kappa shape index (κ1) is 41.1. The number of hydrogen-bond acceptors (Lipinski definition) is 11. The Morgan fingerprint density at radius 3 is 2.56 bits per heavy atom. The molecular formula is C42H49N9O8. The second-order valence-electron chi connectivity index (χ2n) is 15.9. The molecule has 17 nitrogen and oxygen atoms in total. The Morgan fingerprint density at radius 2 is 1.76 bits per heavy atom. The molecule has 7 rings (SSSR count). The Hall–Kier alpha value is -6.04. The number of amides is 6. The van der Waals surface area contributed by atoms with Gasteiger partial charge in [0.2, 0.25) is 17.7 Å². The number of ether oxygens (including phenoxy) is 2. The summed E-state index contributed by atoms with van der Waals surface area (Å²) in [6.45, 7) is 6.37. The van der Waals surface area contributed by atoms with Crippen molar-refractivity contribution in [2.45, 2.75) is 64.5 Å². The zero-order chi connectivity index (χ0) is 41.7. The predicted molar refractivity (Wildman–Crippen MR) is 215 cm³/mol. The highest BCUT2D eigenvalue weighted by atomic mass is 16.5. The third kappa shape index (κ3) is 9.48. The van der Waals surface area contributed by atoms with Gasteiger partial charge < -0.3 is 25.0 Å². The number of likely N-dealkylation sites (N-methyl/N-ethyl adjacent to an activating group) is 1. The average Bonchev–Trinajstić information content (AvgIpc) is 3.91. The lowest BCUT2D eigenvalue weighted by molar-refractivity contribution is -0.136. The SMILES string of the molecule is CN(CCOCCOCC(=O)Nc1cccc2c1C(=O)N(C1CCC(=O)NC1=O)C2=O)CCC(c1ccccc1)n1cc(NC(=O)c2n[nH]c3c2CCC(C)(C)C3)cn1. The number of aromatic nitrogens is 4. The van der Waals surface area contributed by atoms with Crippen LogP contribution >= 0.6 is 0 Å². The third-order valence-electron chi connectivity index (χ3n) is 11.0. The second kappa shape index (κ2) is 17.8. The highest BCUT2D eigenvalue weighted by Gasteiger charge is 2.45. The molecule has 2 atom stereocenters. The van der Waals surface area contributed by atoms with E-state index in [2.05, 4.69) is 62.1 Å². The number of carbonyl (C=O) groups excluding carboxylic acids is 6. The number of carbonyl (C=O) groups is 6. The van der Waals surface area contributed by atoms with Crippen LogP contribution in [0.4, 0.5) is 11.4 Å².